The molecule has 8 nitrogen and oxygen atoms in total. The molecule has 2 aliphatic rings. The molecule has 1 aromatic rings. The van der Waals surface area contributed by atoms with Gasteiger partial charge in [-0.15, -0.1) is 0 Å². The van der Waals surface area contributed by atoms with E-state index in [1.165, 1.54) is 4.31 Å². The molecule has 0 unspecified atom stereocenters. The van der Waals surface area contributed by atoms with E-state index in [-0.39, 0.29) is 11.4 Å². The Morgan fingerprint density at radius 3 is 2.24 bits per heavy atom. The summed E-state index contributed by atoms with van der Waals surface area (Å²) in [6, 6.07) is 5.46. The summed E-state index contributed by atoms with van der Waals surface area (Å²) < 4.78 is 53.4. The first-order valence-corrected chi connectivity index (χ1v) is 13.1. The van der Waals surface area contributed by atoms with Crippen LogP contribution < -0.4 is 0 Å². The third-order valence-corrected chi connectivity index (χ3v) is 8.68. The molecule has 3 rings (SSSR count). The fraction of sp³-hybridized carbons (Fsp3) is 0.632. The Balaban J connectivity index is 1.95. The molecular weight excluding hydrogens is 414 g/mol. The van der Waals surface area contributed by atoms with Crippen LogP contribution in [0.5, 0.6) is 0 Å². The first-order chi connectivity index (χ1) is 13.5. The second-order valence-electron chi connectivity index (χ2n) is 8.14. The van der Waals surface area contributed by atoms with Crippen molar-refractivity contribution in [1.29, 1.82) is 0 Å². The van der Waals surface area contributed by atoms with Crippen molar-refractivity contribution in [2.75, 3.05) is 26.9 Å². The minimum Gasteiger partial charge on any atom is -0.305 e. The number of nitrogens with zero attached hydrogens (tertiary/aromatic N) is 3. The summed E-state index contributed by atoms with van der Waals surface area (Å²) in [7, 11) is -3.71. The lowest BCUT2D eigenvalue weighted by Crippen LogP contribution is -2.43. The van der Waals surface area contributed by atoms with Gasteiger partial charge in [-0.25, -0.2) is 21.1 Å². The van der Waals surface area contributed by atoms with E-state index in [0.717, 1.165) is 16.1 Å². The zero-order valence-electron chi connectivity index (χ0n) is 17.3. The lowest BCUT2D eigenvalue weighted by molar-refractivity contribution is -0.128. The molecule has 0 N–H and O–H groups in total. The Morgan fingerprint density at radius 1 is 1.10 bits per heavy atom. The largest absolute Gasteiger partial charge is 0.305 e. The number of rotatable bonds is 7. The van der Waals surface area contributed by atoms with E-state index >= 15 is 0 Å². The Hall–Kier alpha value is -1.49. The van der Waals surface area contributed by atoms with Gasteiger partial charge in [-0.05, 0) is 44.6 Å². The molecule has 0 radical (unpaired) electrons. The lowest BCUT2D eigenvalue weighted by atomic mass is 9.95. The zero-order chi connectivity index (χ0) is 21.6. The monoisotopic (exact) mass is 443 g/mol. The first-order valence-electron chi connectivity index (χ1n) is 9.77. The minimum absolute atomic E-state index is 0.168. The molecule has 0 saturated carbocycles. The summed E-state index contributed by atoms with van der Waals surface area (Å²) in [5, 5.41) is 0. The van der Waals surface area contributed by atoms with Gasteiger partial charge >= 0.3 is 0 Å². The number of carbonyl (C=O) groups excluding carboxylic acids is 1. The highest BCUT2D eigenvalue weighted by molar-refractivity contribution is 7.89. The van der Waals surface area contributed by atoms with E-state index in [9.17, 15) is 21.6 Å². The number of benzene rings is 1. The van der Waals surface area contributed by atoms with Crippen LogP contribution >= 0.6 is 0 Å². The predicted molar refractivity (Wildman–Crippen MR) is 110 cm³/mol. The fourth-order valence-electron chi connectivity index (χ4n) is 4.53. The van der Waals surface area contributed by atoms with Crippen molar-refractivity contribution in [3.05, 3.63) is 29.8 Å². The summed E-state index contributed by atoms with van der Waals surface area (Å²) in [5.41, 5.74) is 0.997. The van der Waals surface area contributed by atoms with Crippen molar-refractivity contribution in [2.45, 2.75) is 49.7 Å². The lowest BCUT2D eigenvalue weighted by Gasteiger charge is -2.26. The number of hydrogen-bond acceptors (Lipinski definition) is 6. The van der Waals surface area contributed by atoms with Gasteiger partial charge in [0.25, 0.3) is 0 Å². The standard InChI is InChI=1S/C19H29N3O5S2/c1-5-6-16-18-17(22(19(16)23)28(4,24)25)11-12-21(18)29(26,27)15-9-7-14(8-10-15)13-20(2)3/h7-10,16-18H,5-6,11-13H2,1-4H3/t16-,17+,18-/m1/s1. The highest BCUT2D eigenvalue weighted by Gasteiger charge is 2.58. The maximum Gasteiger partial charge on any atom is 0.243 e. The Kier molecular flexibility index (Phi) is 6.11. The van der Waals surface area contributed by atoms with Crippen LogP contribution in [0.3, 0.4) is 0 Å². The van der Waals surface area contributed by atoms with Gasteiger partial charge in [0.2, 0.25) is 26.0 Å². The van der Waals surface area contributed by atoms with E-state index < -0.39 is 44.0 Å². The first kappa shape index (κ1) is 22.2. The molecule has 10 heteroatoms. The van der Waals surface area contributed by atoms with Gasteiger partial charge < -0.3 is 4.90 Å². The molecule has 0 bridgehead atoms. The molecule has 2 saturated heterocycles. The van der Waals surface area contributed by atoms with Gasteiger partial charge in [-0.2, -0.15) is 4.31 Å². The van der Waals surface area contributed by atoms with Crippen molar-refractivity contribution in [3.8, 4) is 0 Å². The van der Waals surface area contributed by atoms with Crippen LogP contribution in [0.4, 0.5) is 0 Å². The summed E-state index contributed by atoms with van der Waals surface area (Å²) in [5.74, 6) is -1.12. The molecule has 1 aromatic carbocycles. The third kappa shape index (κ3) is 4.08. The third-order valence-electron chi connectivity index (χ3n) is 5.61. The average Bonchev–Trinajstić information content (AvgIpc) is 3.13. The summed E-state index contributed by atoms with van der Waals surface area (Å²) in [6.45, 7) is 2.81. The highest BCUT2D eigenvalue weighted by atomic mass is 32.2. The second kappa shape index (κ2) is 7.98. The maximum absolute atomic E-state index is 13.4. The Labute approximate surface area is 173 Å². The number of sulfonamides is 2. The van der Waals surface area contributed by atoms with Crippen LogP contribution in [0.25, 0.3) is 0 Å². The normalized spacial score (nSPS) is 25.8. The van der Waals surface area contributed by atoms with Gasteiger partial charge in [0, 0.05) is 13.1 Å². The summed E-state index contributed by atoms with van der Waals surface area (Å²) >= 11 is 0. The summed E-state index contributed by atoms with van der Waals surface area (Å²) in [4.78, 5) is 15.0. The number of hydrogen-bond donors (Lipinski definition) is 0. The van der Waals surface area contributed by atoms with Crippen LogP contribution in [-0.2, 0) is 31.4 Å². The topological polar surface area (TPSA) is 95.1 Å². The van der Waals surface area contributed by atoms with Gasteiger partial charge in [0.1, 0.15) is 0 Å². The number of carbonyl (C=O) groups is 1. The van der Waals surface area contributed by atoms with Gasteiger partial charge in [0.05, 0.1) is 29.2 Å². The molecule has 3 atom stereocenters. The van der Waals surface area contributed by atoms with Crippen LogP contribution in [0, 0.1) is 5.92 Å². The van der Waals surface area contributed by atoms with E-state index in [1.54, 1.807) is 24.3 Å². The van der Waals surface area contributed by atoms with Crippen LogP contribution in [-0.4, -0.2) is 75.2 Å². The maximum atomic E-state index is 13.4. The van der Waals surface area contributed by atoms with E-state index in [2.05, 4.69) is 0 Å². The number of fused-ring (bicyclic) bond motifs is 1. The second-order valence-corrected chi connectivity index (χ2v) is 11.9. The molecule has 0 aliphatic carbocycles. The smallest absolute Gasteiger partial charge is 0.243 e. The van der Waals surface area contributed by atoms with Gasteiger partial charge in [-0.3, -0.25) is 4.79 Å². The molecule has 2 heterocycles. The Bertz CT molecular complexity index is 974. The SMILES string of the molecule is CCC[C@H]1C(=O)N(S(C)(=O)=O)[C@H]2CCN(S(=O)(=O)c3ccc(CN(C)C)cc3)[C@H]12. The van der Waals surface area contributed by atoms with E-state index in [0.29, 0.717) is 25.8 Å². The highest BCUT2D eigenvalue weighted by Crippen LogP contribution is 2.42. The van der Waals surface area contributed by atoms with Gasteiger partial charge in [0.15, 0.2) is 0 Å². The summed E-state index contributed by atoms with van der Waals surface area (Å²) in [6.07, 6.45) is 2.46. The quantitative estimate of drug-likeness (QED) is 0.626. The molecule has 2 aliphatic heterocycles. The van der Waals surface area contributed by atoms with Crippen LogP contribution in [0.1, 0.15) is 31.7 Å². The van der Waals surface area contributed by atoms with E-state index in [4.69, 9.17) is 0 Å². The minimum atomic E-state index is -3.84. The van der Waals surface area contributed by atoms with Crippen molar-refractivity contribution in [1.82, 2.24) is 13.5 Å². The van der Waals surface area contributed by atoms with Crippen molar-refractivity contribution < 1.29 is 21.6 Å². The molecule has 29 heavy (non-hydrogen) atoms. The molecule has 2 fully saturated rings. The van der Waals surface area contributed by atoms with Crippen molar-refractivity contribution in [2.24, 2.45) is 5.92 Å². The van der Waals surface area contributed by atoms with Crippen molar-refractivity contribution >= 4 is 26.0 Å². The van der Waals surface area contributed by atoms with Crippen LogP contribution in [0.15, 0.2) is 29.2 Å². The molecule has 0 aromatic heterocycles. The average molecular weight is 444 g/mol. The van der Waals surface area contributed by atoms with Crippen molar-refractivity contribution in [3.63, 3.8) is 0 Å². The molecule has 0 spiro atoms. The molecular formula is C19H29N3O5S2. The number of amides is 1. The van der Waals surface area contributed by atoms with E-state index in [1.807, 2.05) is 25.9 Å². The van der Waals surface area contributed by atoms with Crippen LogP contribution in [0.2, 0.25) is 0 Å². The fourth-order valence-corrected chi connectivity index (χ4v) is 7.42. The zero-order valence-corrected chi connectivity index (χ0v) is 18.9. The molecule has 1 amide bonds. The molecule has 162 valence electrons. The van der Waals surface area contributed by atoms with Gasteiger partial charge in [-0.1, -0.05) is 25.5 Å². The Morgan fingerprint density at radius 2 is 1.72 bits per heavy atom. The predicted octanol–water partition coefficient (Wildman–Crippen LogP) is 1.10.